The van der Waals surface area contributed by atoms with Crippen LogP contribution in [0.25, 0.3) is 11.3 Å². The average molecular weight is 373 g/mol. The third kappa shape index (κ3) is 2.78. The van der Waals surface area contributed by atoms with Gasteiger partial charge in [0.1, 0.15) is 5.01 Å². The maximum Gasteiger partial charge on any atom is 0.245 e. The zero-order valence-electron chi connectivity index (χ0n) is 14.2. The Balaban J connectivity index is 1.61. The normalized spacial score (nSPS) is 21.5. The van der Waals surface area contributed by atoms with Gasteiger partial charge in [-0.2, -0.15) is 0 Å². The quantitative estimate of drug-likeness (QED) is 0.683. The van der Waals surface area contributed by atoms with Crippen molar-refractivity contribution in [3.63, 3.8) is 0 Å². The Kier molecular flexibility index (Phi) is 4.13. The largest absolute Gasteiger partial charge is 0.378 e. The fourth-order valence-electron chi connectivity index (χ4n) is 3.64. The number of piperidine rings is 1. The summed E-state index contributed by atoms with van der Waals surface area (Å²) in [7, 11) is 0. The molecule has 9 nitrogen and oxygen atoms in total. The minimum Gasteiger partial charge on any atom is -0.378 e. The summed E-state index contributed by atoms with van der Waals surface area (Å²) in [5.74, 6) is 1.68. The molecule has 0 bridgehead atoms. The number of hydrogen-bond donors (Lipinski definition) is 0. The number of fused-ring (bicyclic) bond motifs is 1. The SMILES string of the molecule is c1csc([C@@H]2CCCCN2c2nc3nonc3nc2N2CCOCC2)n1. The van der Waals surface area contributed by atoms with Crippen molar-refractivity contribution in [3.8, 4) is 0 Å². The number of aromatic nitrogens is 5. The Morgan fingerprint density at radius 3 is 2.58 bits per heavy atom. The van der Waals surface area contributed by atoms with E-state index in [-0.39, 0.29) is 6.04 Å². The summed E-state index contributed by atoms with van der Waals surface area (Å²) in [6, 6.07) is 0.218. The lowest BCUT2D eigenvalue weighted by Gasteiger charge is -2.38. The van der Waals surface area contributed by atoms with E-state index in [4.69, 9.17) is 19.3 Å². The Hall–Kier alpha value is -2.33. The second-order valence-electron chi connectivity index (χ2n) is 6.46. The van der Waals surface area contributed by atoms with E-state index in [0.717, 1.165) is 49.1 Å². The predicted octanol–water partition coefficient (Wildman–Crippen LogP) is 2.04. The first kappa shape index (κ1) is 15.9. The van der Waals surface area contributed by atoms with Crippen LogP contribution in [-0.4, -0.2) is 58.1 Å². The molecule has 0 saturated carbocycles. The van der Waals surface area contributed by atoms with E-state index < -0.39 is 0 Å². The second kappa shape index (κ2) is 6.76. The van der Waals surface area contributed by atoms with Crippen molar-refractivity contribution in [1.82, 2.24) is 25.3 Å². The molecule has 5 heterocycles. The van der Waals surface area contributed by atoms with Gasteiger partial charge >= 0.3 is 0 Å². The van der Waals surface area contributed by atoms with Gasteiger partial charge in [-0.3, -0.25) is 0 Å². The molecule has 0 N–H and O–H groups in total. The second-order valence-corrected chi connectivity index (χ2v) is 7.38. The highest BCUT2D eigenvalue weighted by atomic mass is 32.1. The van der Waals surface area contributed by atoms with Gasteiger partial charge in [0.15, 0.2) is 11.6 Å². The lowest BCUT2D eigenvalue weighted by Crippen LogP contribution is -2.40. The molecule has 0 spiro atoms. The van der Waals surface area contributed by atoms with Gasteiger partial charge in [-0.1, -0.05) is 0 Å². The lowest BCUT2D eigenvalue weighted by atomic mass is 10.0. The summed E-state index contributed by atoms with van der Waals surface area (Å²) in [5.41, 5.74) is 0.888. The Bertz CT molecular complexity index is 878. The fraction of sp³-hybridized carbons (Fsp3) is 0.562. The maximum atomic E-state index is 5.50. The molecule has 2 fully saturated rings. The first-order valence-corrected chi connectivity index (χ1v) is 9.77. The number of ether oxygens (including phenoxy) is 1. The molecule has 0 radical (unpaired) electrons. The maximum absolute atomic E-state index is 5.50. The van der Waals surface area contributed by atoms with E-state index in [2.05, 4.69) is 25.1 Å². The van der Waals surface area contributed by atoms with E-state index in [1.165, 1.54) is 6.42 Å². The van der Waals surface area contributed by atoms with Gasteiger partial charge in [0.05, 0.1) is 19.3 Å². The molecule has 3 aromatic heterocycles. The van der Waals surface area contributed by atoms with Crippen LogP contribution in [0.5, 0.6) is 0 Å². The zero-order chi connectivity index (χ0) is 17.3. The average Bonchev–Trinajstić information content (AvgIpc) is 3.39. The number of rotatable bonds is 3. The van der Waals surface area contributed by atoms with Crippen LogP contribution in [0.15, 0.2) is 16.2 Å². The van der Waals surface area contributed by atoms with Crippen LogP contribution < -0.4 is 9.80 Å². The van der Waals surface area contributed by atoms with Crippen LogP contribution in [0.4, 0.5) is 11.6 Å². The molecule has 136 valence electrons. The molecule has 10 heteroatoms. The van der Waals surface area contributed by atoms with Crippen LogP contribution in [0.3, 0.4) is 0 Å². The highest BCUT2D eigenvalue weighted by Crippen LogP contribution is 2.39. The van der Waals surface area contributed by atoms with Crippen LogP contribution >= 0.6 is 11.3 Å². The smallest absolute Gasteiger partial charge is 0.245 e. The van der Waals surface area contributed by atoms with Crippen LogP contribution in [-0.2, 0) is 4.74 Å². The standard InChI is InChI=1S/C16H19N7O2S/c1-2-5-23(11(3-1)16-17-4-10-26-16)15-14(22-6-8-24-9-7-22)18-12-13(19-15)21-25-20-12/h4,10-11H,1-3,5-9H2/t11-/m0/s1. The summed E-state index contributed by atoms with van der Waals surface area (Å²) in [6.07, 6.45) is 5.25. The molecule has 0 aliphatic carbocycles. The molecule has 1 atom stereocenters. The summed E-state index contributed by atoms with van der Waals surface area (Å²) in [5, 5.41) is 10.9. The third-order valence-electron chi connectivity index (χ3n) is 4.90. The first-order valence-electron chi connectivity index (χ1n) is 8.89. The number of morpholine rings is 1. The van der Waals surface area contributed by atoms with Crippen LogP contribution in [0.2, 0.25) is 0 Å². The van der Waals surface area contributed by atoms with E-state index in [9.17, 15) is 0 Å². The zero-order valence-corrected chi connectivity index (χ0v) is 15.1. The van der Waals surface area contributed by atoms with Crippen LogP contribution in [0, 0.1) is 0 Å². The van der Waals surface area contributed by atoms with E-state index >= 15 is 0 Å². The van der Waals surface area contributed by atoms with Crippen molar-refractivity contribution in [2.75, 3.05) is 42.6 Å². The lowest BCUT2D eigenvalue weighted by molar-refractivity contribution is 0.122. The minimum atomic E-state index is 0.218. The molecule has 0 unspecified atom stereocenters. The molecule has 2 aliphatic rings. The first-order chi connectivity index (χ1) is 12.9. The summed E-state index contributed by atoms with van der Waals surface area (Å²) in [4.78, 5) is 18.6. The van der Waals surface area contributed by atoms with Crippen molar-refractivity contribution in [2.24, 2.45) is 0 Å². The summed E-state index contributed by atoms with van der Waals surface area (Å²) < 4.78 is 10.4. The Morgan fingerprint density at radius 2 is 1.81 bits per heavy atom. The summed E-state index contributed by atoms with van der Waals surface area (Å²) >= 11 is 1.69. The van der Waals surface area contributed by atoms with Gasteiger partial charge in [-0.05, 0) is 29.6 Å². The topological polar surface area (TPSA) is 93.3 Å². The van der Waals surface area contributed by atoms with Crippen molar-refractivity contribution >= 4 is 34.3 Å². The number of nitrogens with zero attached hydrogens (tertiary/aromatic N) is 7. The Labute approximate surface area is 154 Å². The van der Waals surface area contributed by atoms with Gasteiger partial charge < -0.3 is 14.5 Å². The highest BCUT2D eigenvalue weighted by Gasteiger charge is 2.32. The van der Waals surface area contributed by atoms with Crippen LogP contribution in [0.1, 0.15) is 30.3 Å². The fourth-order valence-corrected chi connectivity index (χ4v) is 4.43. The highest BCUT2D eigenvalue weighted by molar-refractivity contribution is 7.09. The third-order valence-corrected chi connectivity index (χ3v) is 5.78. The number of hydrogen-bond acceptors (Lipinski definition) is 10. The monoisotopic (exact) mass is 373 g/mol. The molecule has 5 rings (SSSR count). The molecule has 0 aromatic carbocycles. The van der Waals surface area contributed by atoms with Crippen molar-refractivity contribution in [1.29, 1.82) is 0 Å². The molecule has 2 saturated heterocycles. The molecule has 3 aromatic rings. The molecule has 2 aliphatic heterocycles. The van der Waals surface area contributed by atoms with Gasteiger partial charge in [0, 0.05) is 31.2 Å². The molecular weight excluding hydrogens is 354 g/mol. The van der Waals surface area contributed by atoms with Crippen molar-refractivity contribution in [2.45, 2.75) is 25.3 Å². The number of thiazole rings is 1. The van der Waals surface area contributed by atoms with Crippen molar-refractivity contribution < 1.29 is 9.37 Å². The van der Waals surface area contributed by atoms with Crippen molar-refractivity contribution in [3.05, 3.63) is 16.6 Å². The van der Waals surface area contributed by atoms with Gasteiger partial charge in [0.2, 0.25) is 11.3 Å². The van der Waals surface area contributed by atoms with Gasteiger partial charge in [0.25, 0.3) is 0 Å². The molecular formula is C16H19N7O2S. The molecule has 26 heavy (non-hydrogen) atoms. The van der Waals surface area contributed by atoms with E-state index in [1.807, 2.05) is 11.6 Å². The Morgan fingerprint density at radius 1 is 1.00 bits per heavy atom. The molecule has 0 amide bonds. The minimum absolute atomic E-state index is 0.218. The predicted molar refractivity (Wildman–Crippen MR) is 96.5 cm³/mol. The van der Waals surface area contributed by atoms with E-state index in [0.29, 0.717) is 24.5 Å². The summed E-state index contributed by atoms with van der Waals surface area (Å²) in [6.45, 7) is 3.87. The van der Waals surface area contributed by atoms with Gasteiger partial charge in [-0.15, -0.1) is 11.3 Å². The van der Waals surface area contributed by atoms with Gasteiger partial charge in [-0.25, -0.2) is 19.6 Å². The van der Waals surface area contributed by atoms with E-state index in [1.54, 1.807) is 11.3 Å². The number of anilines is 2.